The van der Waals surface area contributed by atoms with Crippen LogP contribution in [-0.4, -0.2) is 37.7 Å². The van der Waals surface area contributed by atoms with Crippen molar-refractivity contribution in [2.75, 3.05) is 20.8 Å². The Morgan fingerprint density at radius 1 is 1.03 bits per heavy atom. The van der Waals surface area contributed by atoms with Gasteiger partial charge in [-0.2, -0.15) is 0 Å². The molecule has 1 aliphatic rings. The zero-order valence-corrected chi connectivity index (χ0v) is 17.2. The van der Waals surface area contributed by atoms with Gasteiger partial charge in [-0.05, 0) is 43.0 Å². The Bertz CT molecular complexity index is 949. The first kappa shape index (κ1) is 20.7. The van der Waals surface area contributed by atoms with Gasteiger partial charge in [0, 0.05) is 17.5 Å². The van der Waals surface area contributed by atoms with Crippen molar-refractivity contribution in [1.82, 2.24) is 0 Å². The third kappa shape index (κ3) is 3.67. The molecule has 3 rings (SSSR count). The van der Waals surface area contributed by atoms with Crippen molar-refractivity contribution in [3.63, 3.8) is 0 Å². The van der Waals surface area contributed by atoms with Gasteiger partial charge in [-0.3, -0.25) is 9.59 Å². The van der Waals surface area contributed by atoms with Gasteiger partial charge in [-0.15, -0.1) is 0 Å². The minimum Gasteiger partial charge on any atom is -0.493 e. The molecule has 29 heavy (non-hydrogen) atoms. The number of methoxy groups -OCH3 is 2. The van der Waals surface area contributed by atoms with Crippen molar-refractivity contribution >= 4 is 11.8 Å². The van der Waals surface area contributed by atoms with Crippen LogP contribution in [0.4, 0.5) is 0 Å². The predicted molar refractivity (Wildman–Crippen MR) is 109 cm³/mol. The van der Waals surface area contributed by atoms with Crippen LogP contribution < -0.4 is 14.2 Å². The number of carboxylic acids is 1. The van der Waals surface area contributed by atoms with E-state index < -0.39 is 11.4 Å². The lowest BCUT2D eigenvalue weighted by Crippen LogP contribution is -2.33. The van der Waals surface area contributed by atoms with E-state index in [0.29, 0.717) is 36.5 Å². The summed E-state index contributed by atoms with van der Waals surface area (Å²) in [7, 11) is 3.05. The molecular formula is C23H26O6. The molecule has 0 aliphatic heterocycles. The summed E-state index contributed by atoms with van der Waals surface area (Å²) < 4.78 is 17.1. The van der Waals surface area contributed by atoms with E-state index in [9.17, 15) is 14.7 Å². The molecule has 154 valence electrons. The van der Waals surface area contributed by atoms with Crippen molar-refractivity contribution in [3.05, 3.63) is 41.5 Å². The maximum atomic E-state index is 12.2. The van der Waals surface area contributed by atoms with E-state index in [1.807, 2.05) is 31.2 Å². The summed E-state index contributed by atoms with van der Waals surface area (Å²) in [5.41, 5.74) is 2.30. The standard InChI is InChI=1S/C23H26O6/c1-5-23(2,22(25)26)13-29-20-17(10-12-19(27-3)21(20)28-4)14-7-6-8-16-15(14)9-11-18(16)24/h6-8,10,12H,5,9,11,13H2,1-4H3,(H,25,26)/t23-/m0/s1. The molecule has 1 N–H and O–H groups in total. The fourth-order valence-electron chi connectivity index (χ4n) is 3.54. The van der Waals surface area contributed by atoms with E-state index >= 15 is 0 Å². The third-order valence-corrected chi connectivity index (χ3v) is 5.70. The molecule has 0 fully saturated rings. The summed E-state index contributed by atoms with van der Waals surface area (Å²) >= 11 is 0. The van der Waals surface area contributed by atoms with Crippen molar-refractivity contribution < 1.29 is 28.9 Å². The molecule has 1 aliphatic carbocycles. The van der Waals surface area contributed by atoms with Gasteiger partial charge in [0.05, 0.1) is 19.6 Å². The summed E-state index contributed by atoms with van der Waals surface area (Å²) in [5.74, 6) is 0.517. The van der Waals surface area contributed by atoms with E-state index in [0.717, 1.165) is 22.3 Å². The number of aliphatic carboxylic acids is 1. The summed E-state index contributed by atoms with van der Waals surface area (Å²) in [6, 6.07) is 9.29. The first-order valence-electron chi connectivity index (χ1n) is 9.63. The van der Waals surface area contributed by atoms with Crippen LogP contribution in [0.25, 0.3) is 11.1 Å². The summed E-state index contributed by atoms with van der Waals surface area (Å²) in [6.07, 6.45) is 1.57. The molecule has 0 unspecified atom stereocenters. The summed E-state index contributed by atoms with van der Waals surface area (Å²) in [5, 5.41) is 9.61. The average molecular weight is 398 g/mol. The number of ether oxygens (including phenoxy) is 3. The van der Waals surface area contributed by atoms with Crippen LogP contribution in [0.15, 0.2) is 30.3 Å². The molecule has 0 bridgehead atoms. The number of carboxylic acid groups (broad SMARTS) is 1. The lowest BCUT2D eigenvalue weighted by atomic mass is 9.89. The second kappa shape index (κ2) is 8.15. The fourth-order valence-corrected chi connectivity index (χ4v) is 3.54. The highest BCUT2D eigenvalue weighted by molar-refractivity contribution is 6.02. The van der Waals surface area contributed by atoms with Crippen LogP contribution in [0.2, 0.25) is 0 Å². The monoisotopic (exact) mass is 398 g/mol. The van der Waals surface area contributed by atoms with Crippen LogP contribution in [0, 0.1) is 5.41 Å². The van der Waals surface area contributed by atoms with Crippen LogP contribution >= 0.6 is 0 Å². The van der Waals surface area contributed by atoms with Crippen LogP contribution in [-0.2, 0) is 11.2 Å². The molecule has 1 atom stereocenters. The number of hydrogen-bond donors (Lipinski definition) is 1. The van der Waals surface area contributed by atoms with E-state index in [-0.39, 0.29) is 12.4 Å². The first-order valence-corrected chi connectivity index (χ1v) is 9.63. The third-order valence-electron chi connectivity index (χ3n) is 5.70. The minimum absolute atomic E-state index is 0.0245. The smallest absolute Gasteiger partial charge is 0.312 e. The normalized spacial score (nSPS) is 14.8. The van der Waals surface area contributed by atoms with E-state index in [4.69, 9.17) is 14.2 Å². The highest BCUT2D eigenvalue weighted by atomic mass is 16.5. The maximum absolute atomic E-state index is 12.2. The zero-order valence-electron chi connectivity index (χ0n) is 17.2. The van der Waals surface area contributed by atoms with Crippen molar-refractivity contribution in [2.45, 2.75) is 33.1 Å². The Hall–Kier alpha value is -3.02. The van der Waals surface area contributed by atoms with Gasteiger partial charge in [0.25, 0.3) is 0 Å². The van der Waals surface area contributed by atoms with Gasteiger partial charge in [0.2, 0.25) is 5.75 Å². The molecule has 0 amide bonds. The Morgan fingerprint density at radius 2 is 1.76 bits per heavy atom. The Labute approximate surface area is 170 Å². The molecule has 0 heterocycles. The second-order valence-corrected chi connectivity index (χ2v) is 7.44. The number of carbonyl (C=O) groups is 2. The molecular weight excluding hydrogens is 372 g/mol. The molecule has 0 aromatic heterocycles. The molecule has 6 nitrogen and oxygen atoms in total. The molecule has 6 heteroatoms. The van der Waals surface area contributed by atoms with Crippen molar-refractivity contribution in [2.24, 2.45) is 5.41 Å². The van der Waals surface area contributed by atoms with E-state index in [2.05, 4.69) is 0 Å². The first-order chi connectivity index (χ1) is 13.9. The molecule has 0 spiro atoms. The highest BCUT2D eigenvalue weighted by Gasteiger charge is 2.34. The number of hydrogen-bond acceptors (Lipinski definition) is 5. The van der Waals surface area contributed by atoms with Crippen LogP contribution in [0.3, 0.4) is 0 Å². The molecule has 2 aromatic rings. The lowest BCUT2D eigenvalue weighted by Gasteiger charge is -2.25. The number of ketones is 1. The van der Waals surface area contributed by atoms with Crippen molar-refractivity contribution in [1.29, 1.82) is 0 Å². The summed E-state index contributed by atoms with van der Waals surface area (Å²) in [4.78, 5) is 23.9. The van der Waals surface area contributed by atoms with Gasteiger partial charge in [-0.25, -0.2) is 0 Å². The second-order valence-electron chi connectivity index (χ2n) is 7.44. The van der Waals surface area contributed by atoms with E-state index in [1.165, 1.54) is 14.2 Å². The van der Waals surface area contributed by atoms with Gasteiger partial charge >= 0.3 is 5.97 Å². The van der Waals surface area contributed by atoms with Gasteiger partial charge in [-0.1, -0.05) is 25.1 Å². The lowest BCUT2D eigenvalue weighted by molar-refractivity contribution is -0.149. The zero-order chi connectivity index (χ0) is 21.2. The van der Waals surface area contributed by atoms with Gasteiger partial charge in [0.15, 0.2) is 17.3 Å². The minimum atomic E-state index is -1.04. The SMILES string of the molecule is CC[C@@](C)(COc1c(-c2cccc3c2CCC3=O)ccc(OC)c1OC)C(=O)O. The van der Waals surface area contributed by atoms with Crippen LogP contribution in [0.5, 0.6) is 17.2 Å². The Kier molecular flexibility index (Phi) is 5.82. The molecule has 0 saturated carbocycles. The number of benzene rings is 2. The fraction of sp³-hybridized carbons (Fsp3) is 0.391. The Morgan fingerprint density at radius 3 is 2.38 bits per heavy atom. The summed E-state index contributed by atoms with van der Waals surface area (Å²) in [6.45, 7) is 3.45. The predicted octanol–water partition coefficient (Wildman–Crippen LogP) is 4.38. The van der Waals surface area contributed by atoms with Crippen LogP contribution in [0.1, 0.15) is 42.6 Å². The largest absolute Gasteiger partial charge is 0.493 e. The number of fused-ring (bicyclic) bond motifs is 1. The maximum Gasteiger partial charge on any atom is 0.312 e. The van der Waals surface area contributed by atoms with Gasteiger partial charge < -0.3 is 19.3 Å². The molecule has 0 saturated heterocycles. The van der Waals surface area contributed by atoms with Crippen molar-refractivity contribution in [3.8, 4) is 28.4 Å². The quantitative estimate of drug-likeness (QED) is 0.711. The molecule has 2 aromatic carbocycles. The molecule has 0 radical (unpaired) electrons. The average Bonchev–Trinajstić information content (AvgIpc) is 3.12. The van der Waals surface area contributed by atoms with Gasteiger partial charge in [0.1, 0.15) is 6.61 Å². The number of carbonyl (C=O) groups excluding carboxylic acids is 1. The number of rotatable bonds is 8. The number of Topliss-reactive ketones (excluding diaryl/α,β-unsaturated/α-hetero) is 1. The van der Waals surface area contributed by atoms with E-state index in [1.54, 1.807) is 13.0 Å². The highest BCUT2D eigenvalue weighted by Crippen LogP contribution is 2.47. The Balaban J connectivity index is 2.14. The topological polar surface area (TPSA) is 82.1 Å².